The molecule has 0 radical (unpaired) electrons. The second-order valence-corrected chi connectivity index (χ2v) is 4.56. The Labute approximate surface area is 93.0 Å². The average molecular weight is 255 g/mol. The van der Waals surface area contributed by atoms with Crippen molar-refractivity contribution in [2.75, 3.05) is 18.4 Å². The van der Waals surface area contributed by atoms with Gasteiger partial charge in [0.05, 0.1) is 5.69 Å². The van der Waals surface area contributed by atoms with Gasteiger partial charge in [-0.1, -0.05) is 12.1 Å². The van der Waals surface area contributed by atoms with Crippen molar-refractivity contribution in [1.82, 2.24) is 0 Å². The fraction of sp³-hybridized carbons (Fsp3) is 0.455. The van der Waals surface area contributed by atoms with Crippen molar-refractivity contribution in [1.29, 1.82) is 0 Å². The van der Waals surface area contributed by atoms with Gasteiger partial charge >= 0.3 is 0 Å². The van der Waals surface area contributed by atoms with Crippen molar-refractivity contribution >= 4 is 21.6 Å². The summed E-state index contributed by atoms with van der Waals surface area (Å²) < 4.78 is 1.15. The van der Waals surface area contributed by atoms with Gasteiger partial charge in [-0.2, -0.15) is 0 Å². The van der Waals surface area contributed by atoms with Crippen molar-refractivity contribution in [2.24, 2.45) is 5.73 Å². The predicted octanol–water partition coefficient (Wildman–Crippen LogP) is 2.70. The molecule has 0 aliphatic carbocycles. The first-order valence-electron chi connectivity index (χ1n) is 5.05. The third kappa shape index (κ3) is 1.79. The standard InChI is InChI=1S/C11H15BrN2/c12-10-5-1-4-9-8(7-13)3-2-6-14-11(9)10/h1,4-5,8,14H,2-3,6-7,13H2. The maximum Gasteiger partial charge on any atom is 0.0520 e. The van der Waals surface area contributed by atoms with E-state index in [-0.39, 0.29) is 0 Å². The number of nitrogens with one attached hydrogen (secondary N) is 1. The maximum atomic E-state index is 5.79. The number of anilines is 1. The molecule has 2 rings (SSSR count). The summed E-state index contributed by atoms with van der Waals surface area (Å²) in [6.45, 7) is 1.79. The summed E-state index contributed by atoms with van der Waals surface area (Å²) in [5, 5.41) is 3.46. The van der Waals surface area contributed by atoms with Crippen molar-refractivity contribution in [3.63, 3.8) is 0 Å². The molecule has 1 aromatic rings. The zero-order chi connectivity index (χ0) is 9.97. The van der Waals surface area contributed by atoms with E-state index in [0.717, 1.165) is 17.6 Å². The lowest BCUT2D eigenvalue weighted by Gasteiger charge is -2.15. The molecule has 0 aromatic heterocycles. The van der Waals surface area contributed by atoms with Gasteiger partial charge in [-0.05, 0) is 52.9 Å². The third-order valence-electron chi connectivity index (χ3n) is 2.80. The van der Waals surface area contributed by atoms with Gasteiger partial charge in [0.15, 0.2) is 0 Å². The van der Waals surface area contributed by atoms with Gasteiger partial charge in [0.1, 0.15) is 0 Å². The summed E-state index contributed by atoms with van der Waals surface area (Å²) in [7, 11) is 0. The molecule has 0 saturated heterocycles. The highest BCUT2D eigenvalue weighted by atomic mass is 79.9. The van der Waals surface area contributed by atoms with E-state index in [1.807, 2.05) is 0 Å². The van der Waals surface area contributed by atoms with E-state index in [4.69, 9.17) is 5.73 Å². The van der Waals surface area contributed by atoms with Crippen LogP contribution in [0.15, 0.2) is 22.7 Å². The van der Waals surface area contributed by atoms with Gasteiger partial charge < -0.3 is 11.1 Å². The Balaban J connectivity index is 2.44. The van der Waals surface area contributed by atoms with Crippen LogP contribution in [0.3, 0.4) is 0 Å². The molecule has 1 aliphatic rings. The molecule has 1 aromatic carbocycles. The molecule has 0 bridgehead atoms. The average Bonchev–Trinajstić information content (AvgIpc) is 2.40. The highest BCUT2D eigenvalue weighted by molar-refractivity contribution is 9.10. The first kappa shape index (κ1) is 9.99. The Morgan fingerprint density at radius 3 is 3.14 bits per heavy atom. The zero-order valence-electron chi connectivity index (χ0n) is 8.09. The van der Waals surface area contributed by atoms with Crippen LogP contribution in [0, 0.1) is 0 Å². The molecular formula is C11H15BrN2. The predicted molar refractivity (Wildman–Crippen MR) is 63.7 cm³/mol. The maximum absolute atomic E-state index is 5.79. The molecule has 1 aliphatic heterocycles. The van der Waals surface area contributed by atoms with Crippen molar-refractivity contribution in [3.8, 4) is 0 Å². The minimum absolute atomic E-state index is 0.512. The van der Waals surface area contributed by atoms with Crippen LogP contribution in [0.4, 0.5) is 5.69 Å². The highest BCUT2D eigenvalue weighted by Gasteiger charge is 2.18. The molecule has 2 nitrogen and oxygen atoms in total. The number of hydrogen-bond donors (Lipinski definition) is 2. The molecule has 1 heterocycles. The van der Waals surface area contributed by atoms with Crippen LogP contribution in [0.2, 0.25) is 0 Å². The second-order valence-electron chi connectivity index (χ2n) is 3.71. The number of fused-ring (bicyclic) bond motifs is 1. The van der Waals surface area contributed by atoms with E-state index in [1.54, 1.807) is 0 Å². The van der Waals surface area contributed by atoms with Crippen LogP contribution in [-0.2, 0) is 0 Å². The van der Waals surface area contributed by atoms with E-state index in [0.29, 0.717) is 5.92 Å². The third-order valence-corrected chi connectivity index (χ3v) is 3.46. The van der Waals surface area contributed by atoms with Crippen LogP contribution in [0.25, 0.3) is 0 Å². The molecule has 3 N–H and O–H groups in total. The molecule has 14 heavy (non-hydrogen) atoms. The molecule has 76 valence electrons. The van der Waals surface area contributed by atoms with E-state index in [2.05, 4.69) is 39.4 Å². The van der Waals surface area contributed by atoms with Crippen LogP contribution in [0.1, 0.15) is 24.3 Å². The largest absolute Gasteiger partial charge is 0.384 e. The molecule has 3 heteroatoms. The minimum Gasteiger partial charge on any atom is -0.384 e. The number of benzene rings is 1. The van der Waals surface area contributed by atoms with E-state index in [9.17, 15) is 0 Å². The number of nitrogens with two attached hydrogens (primary N) is 1. The van der Waals surface area contributed by atoms with Gasteiger partial charge in [-0.25, -0.2) is 0 Å². The molecular weight excluding hydrogens is 240 g/mol. The lowest BCUT2D eigenvalue weighted by molar-refractivity contribution is 0.626. The fourth-order valence-electron chi connectivity index (χ4n) is 2.03. The monoisotopic (exact) mass is 254 g/mol. The van der Waals surface area contributed by atoms with Gasteiger partial charge in [0, 0.05) is 11.0 Å². The molecule has 0 saturated carbocycles. The number of hydrogen-bond acceptors (Lipinski definition) is 2. The van der Waals surface area contributed by atoms with Crippen LogP contribution in [-0.4, -0.2) is 13.1 Å². The van der Waals surface area contributed by atoms with E-state index in [1.165, 1.54) is 24.1 Å². The van der Waals surface area contributed by atoms with Crippen LogP contribution >= 0.6 is 15.9 Å². The number of para-hydroxylation sites is 1. The van der Waals surface area contributed by atoms with Gasteiger partial charge in [0.25, 0.3) is 0 Å². The second kappa shape index (κ2) is 4.32. The Bertz CT molecular complexity index is 325. The normalized spacial score (nSPS) is 20.9. The summed E-state index contributed by atoms with van der Waals surface area (Å²) in [6, 6.07) is 6.33. The Morgan fingerprint density at radius 1 is 1.50 bits per heavy atom. The first-order valence-corrected chi connectivity index (χ1v) is 5.84. The number of rotatable bonds is 1. The molecule has 0 spiro atoms. The van der Waals surface area contributed by atoms with Gasteiger partial charge in [-0.15, -0.1) is 0 Å². The van der Waals surface area contributed by atoms with Crippen LogP contribution in [0.5, 0.6) is 0 Å². The topological polar surface area (TPSA) is 38.0 Å². The molecule has 1 unspecified atom stereocenters. The smallest absolute Gasteiger partial charge is 0.0520 e. The van der Waals surface area contributed by atoms with E-state index < -0.39 is 0 Å². The Kier molecular flexibility index (Phi) is 3.08. The lowest BCUT2D eigenvalue weighted by atomic mass is 9.94. The zero-order valence-corrected chi connectivity index (χ0v) is 9.68. The Morgan fingerprint density at radius 2 is 2.36 bits per heavy atom. The minimum atomic E-state index is 0.512. The summed E-state index contributed by atoms with van der Waals surface area (Å²) in [5.41, 5.74) is 8.39. The highest BCUT2D eigenvalue weighted by Crippen LogP contribution is 2.35. The lowest BCUT2D eigenvalue weighted by Crippen LogP contribution is -2.12. The molecule has 0 amide bonds. The van der Waals surface area contributed by atoms with Crippen molar-refractivity contribution in [2.45, 2.75) is 18.8 Å². The fourth-order valence-corrected chi connectivity index (χ4v) is 2.55. The summed E-state index contributed by atoms with van der Waals surface area (Å²) in [6.07, 6.45) is 2.38. The summed E-state index contributed by atoms with van der Waals surface area (Å²) in [4.78, 5) is 0. The number of halogens is 1. The van der Waals surface area contributed by atoms with Crippen molar-refractivity contribution in [3.05, 3.63) is 28.2 Å². The van der Waals surface area contributed by atoms with Gasteiger partial charge in [0.2, 0.25) is 0 Å². The Hall–Kier alpha value is -0.540. The van der Waals surface area contributed by atoms with Gasteiger partial charge in [-0.3, -0.25) is 0 Å². The quantitative estimate of drug-likeness (QED) is 0.809. The van der Waals surface area contributed by atoms with E-state index >= 15 is 0 Å². The summed E-state index contributed by atoms with van der Waals surface area (Å²) in [5.74, 6) is 0.512. The molecule has 1 atom stereocenters. The SMILES string of the molecule is NCC1CCCNc2c(Br)cccc21. The first-order chi connectivity index (χ1) is 6.83. The molecule has 0 fully saturated rings. The van der Waals surface area contributed by atoms with Crippen molar-refractivity contribution < 1.29 is 0 Å². The summed E-state index contributed by atoms with van der Waals surface area (Å²) >= 11 is 3.57. The van der Waals surface area contributed by atoms with Crippen LogP contribution < -0.4 is 11.1 Å².